The Balaban J connectivity index is 2.29. The second kappa shape index (κ2) is 7.68. The Morgan fingerprint density at radius 3 is 2.78 bits per heavy atom. The van der Waals surface area contributed by atoms with Gasteiger partial charge in [0.2, 0.25) is 0 Å². The highest BCUT2D eigenvalue weighted by Gasteiger charge is 2.18. The highest BCUT2D eigenvalue weighted by molar-refractivity contribution is 6.31. The lowest BCUT2D eigenvalue weighted by molar-refractivity contribution is 0.342. The normalized spacial score (nSPS) is 10.6. The van der Waals surface area contributed by atoms with Crippen LogP contribution in [0.4, 0.5) is 21.5 Å². The van der Waals surface area contributed by atoms with E-state index in [1.165, 1.54) is 6.07 Å². The summed E-state index contributed by atoms with van der Waals surface area (Å²) in [5.74, 6) is -0.0749. The van der Waals surface area contributed by atoms with E-state index in [9.17, 15) is 9.65 Å². The Morgan fingerprint density at radius 1 is 1.33 bits per heavy atom. The van der Waals surface area contributed by atoms with Crippen LogP contribution in [0.25, 0.3) is 10.9 Å². The molecule has 5 nitrogen and oxygen atoms in total. The second-order valence-corrected chi connectivity index (χ2v) is 6.25. The highest BCUT2D eigenvalue weighted by atomic mass is 35.5. The number of hydrogen-bond donors (Lipinski definition) is 2. The molecule has 1 heterocycles. The van der Waals surface area contributed by atoms with Crippen molar-refractivity contribution in [2.75, 3.05) is 17.7 Å². The lowest BCUT2D eigenvalue weighted by Gasteiger charge is -2.17. The number of nitrogens with two attached hydrogens (primary N) is 1. The number of nitrogens with zero attached hydrogens (tertiary/aromatic N) is 2. The number of benzene rings is 2. The second-order valence-electron chi connectivity index (χ2n) is 5.84. The van der Waals surface area contributed by atoms with Gasteiger partial charge in [-0.15, -0.1) is 0 Å². The molecule has 27 heavy (non-hydrogen) atoms. The van der Waals surface area contributed by atoms with Gasteiger partial charge in [0.1, 0.15) is 11.8 Å². The molecule has 0 saturated heterocycles. The van der Waals surface area contributed by atoms with Crippen LogP contribution in [0.15, 0.2) is 30.3 Å². The smallest absolute Gasteiger partial charge is 0.165 e. The number of halogens is 2. The highest BCUT2D eigenvalue weighted by Crippen LogP contribution is 2.37. The molecule has 0 spiro atoms. The van der Waals surface area contributed by atoms with Gasteiger partial charge >= 0.3 is 0 Å². The van der Waals surface area contributed by atoms with E-state index in [-0.39, 0.29) is 10.7 Å². The molecule has 1 aromatic heterocycles. The molecule has 0 fully saturated rings. The van der Waals surface area contributed by atoms with Gasteiger partial charge in [-0.05, 0) is 31.5 Å². The number of hydrogen-bond acceptors (Lipinski definition) is 5. The van der Waals surface area contributed by atoms with Crippen LogP contribution in [-0.4, -0.2) is 11.6 Å². The van der Waals surface area contributed by atoms with Crippen molar-refractivity contribution in [2.45, 2.75) is 20.3 Å². The minimum Gasteiger partial charge on any atom is -0.492 e. The molecule has 3 aromatic rings. The summed E-state index contributed by atoms with van der Waals surface area (Å²) in [6.45, 7) is 4.23. The molecule has 138 valence electrons. The molecular weight excluding hydrogens is 367 g/mol. The van der Waals surface area contributed by atoms with Crippen LogP contribution < -0.4 is 15.8 Å². The summed E-state index contributed by atoms with van der Waals surface area (Å²) in [5.41, 5.74) is 8.66. The molecule has 3 N–H and O–H groups in total. The fourth-order valence-corrected chi connectivity index (χ4v) is 3.05. The quantitative estimate of drug-likeness (QED) is 0.591. The molecule has 0 aliphatic heterocycles. The van der Waals surface area contributed by atoms with Crippen molar-refractivity contribution < 1.29 is 9.13 Å². The number of rotatable bonds is 5. The summed E-state index contributed by atoms with van der Waals surface area (Å²) < 4.78 is 20.0. The van der Waals surface area contributed by atoms with Crippen LogP contribution in [0.5, 0.6) is 5.75 Å². The largest absolute Gasteiger partial charge is 0.492 e. The summed E-state index contributed by atoms with van der Waals surface area (Å²) in [7, 11) is 0. The van der Waals surface area contributed by atoms with Crippen molar-refractivity contribution in [2.24, 2.45) is 0 Å². The molecule has 7 heteroatoms. The summed E-state index contributed by atoms with van der Waals surface area (Å²) in [5, 5.41) is 13.3. The van der Waals surface area contributed by atoms with Crippen LogP contribution in [0.2, 0.25) is 5.02 Å². The number of nitrogens with one attached hydrogen (secondary N) is 1. The number of anilines is 3. The van der Waals surface area contributed by atoms with Gasteiger partial charge < -0.3 is 15.8 Å². The van der Waals surface area contributed by atoms with E-state index in [1.54, 1.807) is 24.3 Å². The first-order valence-corrected chi connectivity index (χ1v) is 8.87. The third-order valence-corrected chi connectivity index (χ3v) is 4.44. The van der Waals surface area contributed by atoms with Crippen LogP contribution in [0.1, 0.15) is 25.1 Å². The molecule has 0 atom stereocenters. The fourth-order valence-electron chi connectivity index (χ4n) is 2.88. The first-order valence-electron chi connectivity index (χ1n) is 8.50. The van der Waals surface area contributed by atoms with Crippen molar-refractivity contribution in [3.63, 3.8) is 0 Å². The predicted molar refractivity (Wildman–Crippen MR) is 106 cm³/mol. The molecule has 0 saturated carbocycles. The van der Waals surface area contributed by atoms with E-state index >= 15 is 0 Å². The standard InChI is InChI=1S/C20H18ClFN4O/c1-3-15-12(10-23)20(26-16-7-5-6-13(21)19(16)22)11-8-14(24)18(27-4-2)9-17(11)25-15/h5-9H,3-4,24H2,1-2H3,(H,25,26). The van der Waals surface area contributed by atoms with Gasteiger partial charge in [-0.25, -0.2) is 4.39 Å². The number of nitriles is 1. The van der Waals surface area contributed by atoms with Crippen LogP contribution in [-0.2, 0) is 6.42 Å². The minimum absolute atomic E-state index is 0.00858. The molecule has 0 radical (unpaired) electrons. The van der Waals surface area contributed by atoms with Crippen molar-refractivity contribution in [1.29, 1.82) is 5.26 Å². The Morgan fingerprint density at radius 2 is 2.11 bits per heavy atom. The SMILES string of the molecule is CCOc1cc2nc(CC)c(C#N)c(Nc3cccc(Cl)c3F)c2cc1N. The lowest BCUT2D eigenvalue weighted by atomic mass is 10.0. The van der Waals surface area contributed by atoms with Crippen molar-refractivity contribution in [1.82, 2.24) is 4.98 Å². The number of nitrogen functional groups attached to an aromatic ring is 1. The van der Waals surface area contributed by atoms with Gasteiger partial charge in [0.05, 0.1) is 45.5 Å². The maximum atomic E-state index is 14.4. The van der Waals surface area contributed by atoms with Gasteiger partial charge in [0.15, 0.2) is 5.82 Å². The summed E-state index contributed by atoms with van der Waals surface area (Å²) in [6, 6.07) is 10.2. The molecule has 0 aliphatic rings. The van der Waals surface area contributed by atoms with Crippen molar-refractivity contribution >= 4 is 39.6 Å². The first kappa shape index (κ1) is 18.7. The van der Waals surface area contributed by atoms with Crippen LogP contribution in [0.3, 0.4) is 0 Å². The molecule has 0 unspecified atom stereocenters. The van der Waals surface area contributed by atoms with Crippen molar-refractivity contribution in [3.8, 4) is 11.8 Å². The lowest BCUT2D eigenvalue weighted by Crippen LogP contribution is -2.05. The molecular formula is C20H18ClFN4O. The maximum Gasteiger partial charge on any atom is 0.165 e. The van der Waals surface area contributed by atoms with E-state index in [0.29, 0.717) is 52.3 Å². The van der Waals surface area contributed by atoms with Gasteiger partial charge in [-0.1, -0.05) is 24.6 Å². The van der Waals surface area contributed by atoms with E-state index in [4.69, 9.17) is 22.1 Å². The third-order valence-electron chi connectivity index (χ3n) is 4.15. The first-order chi connectivity index (χ1) is 13.0. The summed E-state index contributed by atoms with van der Waals surface area (Å²) in [4.78, 5) is 4.57. The van der Waals surface area contributed by atoms with Gasteiger partial charge in [-0.2, -0.15) is 5.26 Å². The Labute approximate surface area is 161 Å². The molecule has 0 amide bonds. The van der Waals surface area contributed by atoms with Gasteiger partial charge in [0.25, 0.3) is 0 Å². The zero-order chi connectivity index (χ0) is 19.6. The average Bonchev–Trinajstić information content (AvgIpc) is 2.66. The number of pyridine rings is 1. The van der Waals surface area contributed by atoms with E-state index in [1.807, 2.05) is 13.8 Å². The monoisotopic (exact) mass is 384 g/mol. The predicted octanol–water partition coefficient (Wildman–Crippen LogP) is 5.19. The maximum absolute atomic E-state index is 14.4. The van der Waals surface area contributed by atoms with E-state index < -0.39 is 5.82 Å². The number of aryl methyl sites for hydroxylation is 1. The number of aromatic nitrogens is 1. The Kier molecular flexibility index (Phi) is 5.33. The summed E-state index contributed by atoms with van der Waals surface area (Å²) in [6.07, 6.45) is 0.542. The topological polar surface area (TPSA) is 84.0 Å². The number of ether oxygens (including phenoxy) is 1. The Bertz CT molecular complexity index is 1060. The molecule has 0 bridgehead atoms. The van der Waals surface area contributed by atoms with Gasteiger partial charge in [0, 0.05) is 11.5 Å². The van der Waals surface area contributed by atoms with Gasteiger partial charge in [-0.3, -0.25) is 4.98 Å². The van der Waals surface area contributed by atoms with Crippen LogP contribution >= 0.6 is 11.6 Å². The van der Waals surface area contributed by atoms with Crippen molar-refractivity contribution in [3.05, 3.63) is 52.4 Å². The average molecular weight is 385 g/mol. The van der Waals surface area contributed by atoms with Crippen LogP contribution in [0, 0.1) is 17.1 Å². The van der Waals surface area contributed by atoms with E-state index in [0.717, 1.165) is 0 Å². The van der Waals surface area contributed by atoms with E-state index in [2.05, 4.69) is 16.4 Å². The number of fused-ring (bicyclic) bond motifs is 1. The molecule has 3 rings (SSSR count). The molecule has 2 aromatic carbocycles. The minimum atomic E-state index is -0.593. The Hall–Kier alpha value is -3.04. The summed E-state index contributed by atoms with van der Waals surface area (Å²) >= 11 is 5.88. The zero-order valence-electron chi connectivity index (χ0n) is 14.9. The molecule has 0 aliphatic carbocycles. The fraction of sp³-hybridized carbons (Fsp3) is 0.200. The third kappa shape index (κ3) is 3.46. The zero-order valence-corrected chi connectivity index (χ0v) is 15.7.